The van der Waals surface area contributed by atoms with Crippen molar-refractivity contribution in [2.75, 3.05) is 13.1 Å². The number of furan rings is 1. The second-order valence-electron chi connectivity index (χ2n) is 7.80. The van der Waals surface area contributed by atoms with Gasteiger partial charge in [-0.2, -0.15) is 0 Å². The molecule has 0 bridgehead atoms. The third kappa shape index (κ3) is 4.21. The maximum absolute atomic E-state index is 12.9. The lowest BCUT2D eigenvalue weighted by atomic mass is 9.94. The Bertz CT molecular complexity index is 850. The highest BCUT2D eigenvalue weighted by atomic mass is 79.9. The van der Waals surface area contributed by atoms with Crippen molar-refractivity contribution in [2.45, 2.75) is 46.6 Å². The molecule has 2 amide bonds. The number of aryl methyl sites for hydroxylation is 1. The van der Waals surface area contributed by atoms with Gasteiger partial charge in [-0.15, -0.1) is 0 Å². The van der Waals surface area contributed by atoms with Crippen LogP contribution in [-0.2, 0) is 4.79 Å². The molecule has 2 heterocycles. The van der Waals surface area contributed by atoms with Gasteiger partial charge in [-0.05, 0) is 50.8 Å². The number of amides is 2. The predicted molar refractivity (Wildman–Crippen MR) is 110 cm³/mol. The Morgan fingerprint density at radius 1 is 1.22 bits per heavy atom. The van der Waals surface area contributed by atoms with Crippen molar-refractivity contribution in [2.24, 2.45) is 11.8 Å². The largest absolute Gasteiger partial charge is 0.451 e. The SMILES string of the molecule is Cc1c(C(=O)N2CCC(C(=O)NC(C)C(C)C)CC2)oc2ccc(Br)cc12. The van der Waals surface area contributed by atoms with E-state index in [1.54, 1.807) is 4.90 Å². The number of piperidine rings is 1. The average molecular weight is 435 g/mol. The first kappa shape index (κ1) is 19.9. The van der Waals surface area contributed by atoms with Gasteiger partial charge in [0.15, 0.2) is 5.76 Å². The Labute approximate surface area is 168 Å². The first-order chi connectivity index (χ1) is 12.8. The number of likely N-dealkylation sites (tertiary alicyclic amines) is 1. The van der Waals surface area contributed by atoms with Gasteiger partial charge in [0.05, 0.1) is 0 Å². The zero-order chi connectivity index (χ0) is 19.7. The Hall–Kier alpha value is -1.82. The van der Waals surface area contributed by atoms with Crippen LogP contribution >= 0.6 is 15.9 Å². The van der Waals surface area contributed by atoms with E-state index in [1.165, 1.54) is 0 Å². The summed E-state index contributed by atoms with van der Waals surface area (Å²) in [6.45, 7) is 9.30. The zero-order valence-electron chi connectivity index (χ0n) is 16.3. The molecule has 1 aromatic carbocycles. The van der Waals surface area contributed by atoms with Crippen LogP contribution in [-0.4, -0.2) is 35.8 Å². The number of nitrogens with zero attached hydrogens (tertiary/aromatic N) is 1. The molecule has 6 heteroatoms. The lowest BCUT2D eigenvalue weighted by Gasteiger charge is -2.32. The summed E-state index contributed by atoms with van der Waals surface area (Å²) in [5.74, 6) is 0.802. The van der Waals surface area contributed by atoms with Crippen molar-refractivity contribution >= 4 is 38.7 Å². The molecule has 2 aromatic rings. The standard InChI is InChI=1S/C21H27BrN2O3/c1-12(2)14(4)23-20(25)15-7-9-24(10-8-15)21(26)19-13(3)17-11-16(22)5-6-18(17)27-19/h5-6,11-12,14-15H,7-10H2,1-4H3,(H,23,25). The summed E-state index contributed by atoms with van der Waals surface area (Å²) < 4.78 is 6.79. The predicted octanol–water partition coefficient (Wildman–Crippen LogP) is 4.52. The van der Waals surface area contributed by atoms with E-state index in [4.69, 9.17) is 4.42 Å². The molecule has 0 spiro atoms. The molecule has 1 aliphatic heterocycles. The topological polar surface area (TPSA) is 62.6 Å². The molecule has 5 nitrogen and oxygen atoms in total. The molecule has 1 aliphatic rings. The molecule has 27 heavy (non-hydrogen) atoms. The quantitative estimate of drug-likeness (QED) is 0.769. The number of hydrogen-bond donors (Lipinski definition) is 1. The van der Waals surface area contributed by atoms with Gasteiger partial charge in [0.1, 0.15) is 5.58 Å². The fraction of sp³-hybridized carbons (Fsp3) is 0.524. The monoisotopic (exact) mass is 434 g/mol. The zero-order valence-corrected chi connectivity index (χ0v) is 17.9. The van der Waals surface area contributed by atoms with E-state index in [2.05, 4.69) is 35.1 Å². The number of carbonyl (C=O) groups excluding carboxylic acids is 2. The molecular weight excluding hydrogens is 408 g/mol. The van der Waals surface area contributed by atoms with Gasteiger partial charge >= 0.3 is 0 Å². The molecular formula is C21H27BrN2O3. The van der Waals surface area contributed by atoms with Gasteiger partial charge in [0.25, 0.3) is 5.91 Å². The molecule has 1 N–H and O–H groups in total. The van der Waals surface area contributed by atoms with Crippen LogP contribution in [0.5, 0.6) is 0 Å². The van der Waals surface area contributed by atoms with Crippen LogP contribution in [0, 0.1) is 18.8 Å². The van der Waals surface area contributed by atoms with E-state index in [0.717, 1.165) is 21.0 Å². The van der Waals surface area contributed by atoms with Crippen LogP contribution in [0.4, 0.5) is 0 Å². The van der Waals surface area contributed by atoms with E-state index in [-0.39, 0.29) is 23.8 Å². The van der Waals surface area contributed by atoms with E-state index >= 15 is 0 Å². The number of benzene rings is 1. The molecule has 3 rings (SSSR count). The molecule has 1 unspecified atom stereocenters. The first-order valence-corrected chi connectivity index (χ1v) is 10.4. The van der Waals surface area contributed by atoms with Gasteiger partial charge in [0.2, 0.25) is 5.91 Å². The molecule has 1 fully saturated rings. The molecule has 1 aromatic heterocycles. The van der Waals surface area contributed by atoms with Gasteiger partial charge in [-0.25, -0.2) is 0 Å². The van der Waals surface area contributed by atoms with Gasteiger partial charge in [-0.1, -0.05) is 29.8 Å². The normalized spacial score (nSPS) is 16.7. The highest BCUT2D eigenvalue weighted by Gasteiger charge is 2.30. The lowest BCUT2D eigenvalue weighted by molar-refractivity contribution is -0.127. The van der Waals surface area contributed by atoms with Crippen LogP contribution in [0.2, 0.25) is 0 Å². The average Bonchev–Trinajstić information content (AvgIpc) is 2.97. The van der Waals surface area contributed by atoms with Gasteiger partial charge in [-0.3, -0.25) is 9.59 Å². The summed E-state index contributed by atoms with van der Waals surface area (Å²) in [5, 5.41) is 4.04. The second kappa shape index (κ2) is 8.05. The maximum atomic E-state index is 12.9. The van der Waals surface area contributed by atoms with Crippen molar-refractivity contribution in [1.82, 2.24) is 10.2 Å². The van der Waals surface area contributed by atoms with Crippen molar-refractivity contribution < 1.29 is 14.0 Å². The van der Waals surface area contributed by atoms with Crippen molar-refractivity contribution in [3.05, 3.63) is 34.0 Å². The summed E-state index contributed by atoms with van der Waals surface area (Å²) in [4.78, 5) is 27.2. The number of nitrogens with one attached hydrogen (secondary N) is 1. The van der Waals surface area contributed by atoms with Crippen LogP contribution in [0.25, 0.3) is 11.0 Å². The van der Waals surface area contributed by atoms with E-state index in [1.807, 2.05) is 32.0 Å². The number of carbonyl (C=O) groups is 2. The van der Waals surface area contributed by atoms with Crippen LogP contribution in [0.3, 0.4) is 0 Å². The van der Waals surface area contributed by atoms with E-state index in [0.29, 0.717) is 37.6 Å². The Morgan fingerprint density at radius 2 is 1.89 bits per heavy atom. The fourth-order valence-electron chi connectivity index (χ4n) is 3.39. The number of halogens is 1. The lowest BCUT2D eigenvalue weighted by Crippen LogP contribution is -2.45. The summed E-state index contributed by atoms with van der Waals surface area (Å²) in [5.41, 5.74) is 1.58. The summed E-state index contributed by atoms with van der Waals surface area (Å²) in [7, 11) is 0. The minimum absolute atomic E-state index is 0.0250. The summed E-state index contributed by atoms with van der Waals surface area (Å²) in [6, 6.07) is 5.91. The molecule has 146 valence electrons. The third-order valence-electron chi connectivity index (χ3n) is 5.62. The highest BCUT2D eigenvalue weighted by molar-refractivity contribution is 9.10. The Morgan fingerprint density at radius 3 is 2.52 bits per heavy atom. The number of fused-ring (bicyclic) bond motifs is 1. The highest BCUT2D eigenvalue weighted by Crippen LogP contribution is 2.30. The van der Waals surface area contributed by atoms with Gasteiger partial charge < -0.3 is 14.6 Å². The van der Waals surface area contributed by atoms with Gasteiger partial charge in [0, 0.05) is 40.5 Å². The first-order valence-electron chi connectivity index (χ1n) is 9.56. The summed E-state index contributed by atoms with van der Waals surface area (Å²) in [6.07, 6.45) is 1.38. The van der Waals surface area contributed by atoms with Crippen molar-refractivity contribution in [3.8, 4) is 0 Å². The Kier molecular flexibility index (Phi) is 5.94. The third-order valence-corrected chi connectivity index (χ3v) is 6.11. The number of hydrogen-bond acceptors (Lipinski definition) is 3. The smallest absolute Gasteiger partial charge is 0.289 e. The number of rotatable bonds is 4. The van der Waals surface area contributed by atoms with Crippen LogP contribution < -0.4 is 5.32 Å². The Balaban J connectivity index is 1.65. The fourth-order valence-corrected chi connectivity index (χ4v) is 3.76. The maximum Gasteiger partial charge on any atom is 0.289 e. The van der Waals surface area contributed by atoms with E-state index in [9.17, 15) is 9.59 Å². The molecule has 1 atom stereocenters. The van der Waals surface area contributed by atoms with Crippen molar-refractivity contribution in [3.63, 3.8) is 0 Å². The minimum Gasteiger partial charge on any atom is -0.451 e. The van der Waals surface area contributed by atoms with Crippen LogP contribution in [0.1, 0.15) is 49.7 Å². The second-order valence-corrected chi connectivity index (χ2v) is 8.72. The molecule has 1 saturated heterocycles. The molecule has 0 radical (unpaired) electrons. The summed E-state index contributed by atoms with van der Waals surface area (Å²) >= 11 is 3.46. The molecule has 0 saturated carbocycles. The molecule has 0 aliphatic carbocycles. The van der Waals surface area contributed by atoms with E-state index < -0.39 is 0 Å². The van der Waals surface area contributed by atoms with Crippen molar-refractivity contribution in [1.29, 1.82) is 0 Å². The minimum atomic E-state index is -0.0887. The van der Waals surface area contributed by atoms with Crippen LogP contribution in [0.15, 0.2) is 27.1 Å².